The van der Waals surface area contributed by atoms with Crippen molar-refractivity contribution in [3.8, 4) is 5.75 Å². The van der Waals surface area contributed by atoms with Crippen LogP contribution in [0.1, 0.15) is 54.6 Å². The molecule has 5 rings (SSSR count). The van der Waals surface area contributed by atoms with E-state index >= 15 is 0 Å². The first kappa shape index (κ1) is 25.7. The Morgan fingerprint density at radius 1 is 1.13 bits per heavy atom. The van der Waals surface area contributed by atoms with Crippen molar-refractivity contribution in [3.05, 3.63) is 83.1 Å². The third-order valence-corrected chi connectivity index (χ3v) is 7.98. The van der Waals surface area contributed by atoms with Gasteiger partial charge in [-0.2, -0.15) is 0 Å². The lowest BCUT2D eigenvalue weighted by molar-refractivity contribution is -0.159. The second-order valence-electron chi connectivity index (χ2n) is 10.5. The van der Waals surface area contributed by atoms with E-state index in [1.807, 2.05) is 26.0 Å². The first-order valence-electron chi connectivity index (χ1n) is 13.2. The molecular formula is C30H33N3O5. The summed E-state index contributed by atoms with van der Waals surface area (Å²) in [6, 6.07) is 12.0. The van der Waals surface area contributed by atoms with Gasteiger partial charge in [0.25, 0.3) is 0 Å². The summed E-state index contributed by atoms with van der Waals surface area (Å²) in [5.74, 6) is -0.851. The first-order chi connectivity index (χ1) is 18.3. The maximum atomic E-state index is 14.3. The van der Waals surface area contributed by atoms with Crippen LogP contribution in [0.2, 0.25) is 0 Å². The van der Waals surface area contributed by atoms with E-state index < -0.39 is 18.1 Å². The maximum Gasteiger partial charge on any atom is 0.247 e. The molecule has 2 N–H and O–H groups in total. The van der Waals surface area contributed by atoms with Crippen LogP contribution >= 0.6 is 0 Å². The molecule has 4 atom stereocenters. The van der Waals surface area contributed by atoms with E-state index in [0.717, 1.165) is 0 Å². The van der Waals surface area contributed by atoms with E-state index in [1.54, 1.807) is 25.1 Å². The topological polar surface area (TPSA) is 113 Å². The number of hydrogen-bond acceptors (Lipinski definition) is 6. The van der Waals surface area contributed by atoms with Crippen molar-refractivity contribution >= 4 is 17.6 Å². The van der Waals surface area contributed by atoms with Crippen LogP contribution in [0.3, 0.4) is 0 Å². The third-order valence-electron chi connectivity index (χ3n) is 7.98. The summed E-state index contributed by atoms with van der Waals surface area (Å²) in [4.78, 5) is 47.9. The molecule has 0 bridgehead atoms. The molecule has 0 radical (unpaired) electrons. The number of amides is 2. The number of phenols is 1. The number of carbonyl (C=O) groups is 3. The second kappa shape index (κ2) is 10.4. The van der Waals surface area contributed by atoms with Gasteiger partial charge in [0.1, 0.15) is 35.8 Å². The Labute approximate surface area is 222 Å². The summed E-state index contributed by atoms with van der Waals surface area (Å²) < 4.78 is 5.46. The van der Waals surface area contributed by atoms with Crippen molar-refractivity contribution < 1.29 is 23.9 Å². The summed E-state index contributed by atoms with van der Waals surface area (Å²) in [5, 5.41) is 13.4. The Morgan fingerprint density at radius 2 is 1.79 bits per heavy atom. The predicted octanol–water partition coefficient (Wildman–Crippen LogP) is 3.70. The normalized spacial score (nSPS) is 21.2. The zero-order valence-corrected chi connectivity index (χ0v) is 21.9. The molecule has 0 saturated carbocycles. The minimum atomic E-state index is -1.13. The fraction of sp³-hybridized carbons (Fsp3) is 0.400. The number of phenolic OH excluding ortho intramolecular Hbond substituents is 1. The lowest BCUT2D eigenvalue weighted by atomic mass is 9.85. The van der Waals surface area contributed by atoms with E-state index in [-0.39, 0.29) is 47.3 Å². The van der Waals surface area contributed by atoms with Crippen LogP contribution in [0.4, 0.5) is 0 Å². The number of benzene rings is 2. The maximum absolute atomic E-state index is 14.3. The van der Waals surface area contributed by atoms with Crippen molar-refractivity contribution in [2.24, 2.45) is 11.8 Å². The van der Waals surface area contributed by atoms with Gasteiger partial charge >= 0.3 is 0 Å². The average Bonchev–Trinajstić information content (AvgIpc) is 3.53. The molecule has 1 aromatic heterocycles. The molecule has 3 aromatic rings. The van der Waals surface area contributed by atoms with Gasteiger partial charge in [0.15, 0.2) is 11.7 Å². The van der Waals surface area contributed by atoms with Gasteiger partial charge in [-0.05, 0) is 41.9 Å². The summed E-state index contributed by atoms with van der Waals surface area (Å²) in [6.45, 7) is 5.54. The van der Waals surface area contributed by atoms with Gasteiger partial charge in [-0.15, -0.1) is 0 Å². The largest absolute Gasteiger partial charge is 0.508 e. The summed E-state index contributed by atoms with van der Waals surface area (Å²) in [6.07, 6.45) is 3.25. The van der Waals surface area contributed by atoms with Crippen LogP contribution in [-0.2, 0) is 33.6 Å². The number of oxazole rings is 1. The summed E-state index contributed by atoms with van der Waals surface area (Å²) >= 11 is 0. The molecular weight excluding hydrogens is 482 g/mol. The van der Waals surface area contributed by atoms with Crippen LogP contribution in [-0.4, -0.2) is 44.7 Å². The number of aromatic hydroxyl groups is 1. The van der Waals surface area contributed by atoms with E-state index in [4.69, 9.17) is 4.42 Å². The van der Waals surface area contributed by atoms with Gasteiger partial charge in [0.05, 0.1) is 0 Å². The number of para-hydroxylation sites is 1. The zero-order valence-electron chi connectivity index (χ0n) is 21.9. The highest BCUT2D eigenvalue weighted by Crippen LogP contribution is 2.36. The molecule has 2 aromatic carbocycles. The van der Waals surface area contributed by atoms with Crippen LogP contribution in [0.5, 0.6) is 5.75 Å². The molecule has 8 nitrogen and oxygen atoms in total. The molecule has 8 heteroatoms. The molecule has 1 fully saturated rings. The van der Waals surface area contributed by atoms with Crippen molar-refractivity contribution in [1.29, 1.82) is 0 Å². The van der Waals surface area contributed by atoms with Gasteiger partial charge in [-0.3, -0.25) is 14.4 Å². The van der Waals surface area contributed by atoms with Gasteiger partial charge < -0.3 is 19.7 Å². The van der Waals surface area contributed by atoms with Crippen LogP contribution < -0.4 is 5.32 Å². The van der Waals surface area contributed by atoms with Gasteiger partial charge in [0, 0.05) is 18.9 Å². The number of nitrogens with one attached hydrogen (secondary N) is 1. The molecule has 198 valence electrons. The van der Waals surface area contributed by atoms with E-state index in [0.29, 0.717) is 30.7 Å². The third kappa shape index (κ3) is 4.71. The standard InChI is InChI=1S/C30H33N3O5/c1-4-17(2)27-29(36)32-26(22-13-19-9-5-6-10-20(19)14-22)30(37)33(27)28(23-16-38-18(3)31-23)25(35)15-21-11-7-8-12-24(21)34/h5-12,16-17,22,26-28,34H,4,13-15H2,1-3H3,(H,32,36)/t17-,26+,27+,28+/m0/s1. The quantitative estimate of drug-likeness (QED) is 0.473. The van der Waals surface area contributed by atoms with Crippen LogP contribution in [0.25, 0.3) is 0 Å². The van der Waals surface area contributed by atoms with Crippen molar-refractivity contribution in [2.45, 2.75) is 64.6 Å². The lowest BCUT2D eigenvalue weighted by Crippen LogP contribution is -2.68. The Bertz CT molecular complexity index is 1340. The SMILES string of the molecule is CC[C@H](C)[C@@H]1C(=O)N[C@H](C2Cc3ccccc3C2)C(=O)N1[C@@H](C(=O)Cc1ccccc1O)c1coc(C)n1. The molecule has 1 saturated heterocycles. The highest BCUT2D eigenvalue weighted by atomic mass is 16.3. The number of aryl methyl sites for hydroxylation is 1. The number of rotatable bonds is 8. The number of ketones is 1. The smallest absolute Gasteiger partial charge is 0.247 e. The molecule has 2 heterocycles. The Morgan fingerprint density at radius 3 is 2.39 bits per heavy atom. The second-order valence-corrected chi connectivity index (χ2v) is 10.5. The number of fused-ring (bicyclic) bond motifs is 1. The number of aromatic nitrogens is 1. The molecule has 0 spiro atoms. The molecule has 1 aliphatic heterocycles. The molecule has 0 unspecified atom stereocenters. The van der Waals surface area contributed by atoms with Crippen LogP contribution in [0.15, 0.2) is 59.2 Å². The fourth-order valence-electron chi connectivity index (χ4n) is 5.83. The van der Waals surface area contributed by atoms with E-state index in [1.165, 1.54) is 28.4 Å². The number of piperazine rings is 1. The number of carbonyl (C=O) groups excluding carboxylic acids is 3. The van der Waals surface area contributed by atoms with Crippen molar-refractivity contribution in [1.82, 2.24) is 15.2 Å². The minimum absolute atomic E-state index is 0.00119. The van der Waals surface area contributed by atoms with Crippen molar-refractivity contribution in [3.63, 3.8) is 0 Å². The Balaban J connectivity index is 1.55. The van der Waals surface area contributed by atoms with Gasteiger partial charge in [0.2, 0.25) is 11.8 Å². The number of nitrogens with zero attached hydrogens (tertiary/aromatic N) is 2. The molecule has 2 amide bonds. The highest BCUT2D eigenvalue weighted by molar-refractivity contribution is 6.01. The predicted molar refractivity (Wildman–Crippen MR) is 140 cm³/mol. The number of hydrogen-bond donors (Lipinski definition) is 2. The summed E-state index contributed by atoms with van der Waals surface area (Å²) in [7, 11) is 0. The molecule has 1 aliphatic carbocycles. The van der Waals surface area contributed by atoms with E-state index in [2.05, 4.69) is 22.4 Å². The van der Waals surface area contributed by atoms with Crippen LogP contribution in [0, 0.1) is 18.8 Å². The highest BCUT2D eigenvalue weighted by Gasteiger charge is 2.51. The van der Waals surface area contributed by atoms with Gasteiger partial charge in [-0.1, -0.05) is 62.7 Å². The van der Waals surface area contributed by atoms with E-state index in [9.17, 15) is 19.5 Å². The minimum Gasteiger partial charge on any atom is -0.508 e. The fourth-order valence-corrected chi connectivity index (χ4v) is 5.83. The molecule has 38 heavy (non-hydrogen) atoms. The van der Waals surface area contributed by atoms with Gasteiger partial charge in [-0.25, -0.2) is 4.98 Å². The lowest BCUT2D eigenvalue weighted by Gasteiger charge is -2.45. The first-order valence-corrected chi connectivity index (χ1v) is 13.2. The zero-order chi connectivity index (χ0) is 27.0. The monoisotopic (exact) mass is 515 g/mol. The molecule has 2 aliphatic rings. The summed E-state index contributed by atoms with van der Waals surface area (Å²) in [5.41, 5.74) is 3.08. The Hall–Kier alpha value is -3.94. The Kier molecular flexibility index (Phi) is 7.06. The average molecular weight is 516 g/mol. The van der Waals surface area contributed by atoms with Crippen molar-refractivity contribution in [2.75, 3.05) is 0 Å². The number of Topliss-reactive ketones (excluding diaryl/α,β-unsaturated/α-hetero) is 1.